The zero-order valence-electron chi connectivity index (χ0n) is 14.7. The number of amides is 2. The molecule has 0 aliphatic carbocycles. The van der Waals surface area contributed by atoms with Gasteiger partial charge in [0.2, 0.25) is 5.91 Å². The molecular weight excluding hydrogens is 385 g/mol. The quantitative estimate of drug-likeness (QED) is 0.704. The summed E-state index contributed by atoms with van der Waals surface area (Å²) in [5.41, 5.74) is 5.90. The number of nitrogens with zero attached hydrogens (tertiary/aromatic N) is 1. The molecule has 2 aromatic carbocycles. The van der Waals surface area contributed by atoms with Crippen molar-refractivity contribution in [2.75, 3.05) is 5.32 Å². The van der Waals surface area contributed by atoms with Crippen molar-refractivity contribution < 1.29 is 14.0 Å². The second kappa shape index (κ2) is 7.66. The molecule has 0 atom stereocenters. The lowest BCUT2D eigenvalue weighted by Crippen LogP contribution is -2.29. The summed E-state index contributed by atoms with van der Waals surface area (Å²) in [5, 5.41) is 2.67. The number of anilines is 1. The van der Waals surface area contributed by atoms with Gasteiger partial charge >= 0.3 is 0 Å². The first-order valence-electron chi connectivity index (χ1n) is 8.17. The Morgan fingerprint density at radius 3 is 2.39 bits per heavy atom. The molecule has 0 aliphatic heterocycles. The molecular formula is C20H15ClFN3O3. The van der Waals surface area contributed by atoms with Crippen molar-refractivity contribution in [1.29, 1.82) is 0 Å². The van der Waals surface area contributed by atoms with Gasteiger partial charge < -0.3 is 11.1 Å². The topological polar surface area (TPSA) is 94.2 Å². The fourth-order valence-electron chi connectivity index (χ4n) is 2.69. The minimum Gasteiger partial charge on any atom is -0.366 e. The molecule has 142 valence electrons. The second-order valence-electron chi connectivity index (χ2n) is 6.04. The highest BCUT2D eigenvalue weighted by Gasteiger charge is 2.17. The molecule has 0 aliphatic rings. The monoisotopic (exact) mass is 399 g/mol. The van der Waals surface area contributed by atoms with E-state index in [1.54, 1.807) is 13.0 Å². The van der Waals surface area contributed by atoms with Crippen LogP contribution in [0.15, 0.2) is 59.5 Å². The van der Waals surface area contributed by atoms with Gasteiger partial charge in [0, 0.05) is 17.6 Å². The van der Waals surface area contributed by atoms with Crippen LogP contribution >= 0.6 is 11.6 Å². The van der Waals surface area contributed by atoms with Crippen LogP contribution in [0.25, 0.3) is 5.69 Å². The fourth-order valence-corrected chi connectivity index (χ4v) is 2.97. The highest BCUT2D eigenvalue weighted by molar-refractivity contribution is 6.34. The number of nitrogens with two attached hydrogens (primary N) is 1. The average molecular weight is 400 g/mol. The number of aryl methyl sites for hydroxylation is 1. The Labute approximate surface area is 164 Å². The SMILES string of the molecule is Cc1ccn(-c2ccc(F)cc2)c(=O)c1C(=O)Nc1ccc(C(N)=O)c(Cl)c1. The number of primary amides is 1. The van der Waals surface area contributed by atoms with E-state index < -0.39 is 23.2 Å². The van der Waals surface area contributed by atoms with Crippen molar-refractivity contribution in [2.24, 2.45) is 5.73 Å². The maximum absolute atomic E-state index is 13.1. The number of rotatable bonds is 4. The van der Waals surface area contributed by atoms with Gasteiger partial charge in [-0.1, -0.05) is 11.6 Å². The standard InChI is InChI=1S/C20H15ClFN3O3/c1-11-8-9-25(14-5-2-12(22)3-6-14)20(28)17(11)19(27)24-13-4-7-15(18(23)26)16(21)10-13/h2-10H,1H3,(H2,23,26)(H,24,27). The van der Waals surface area contributed by atoms with E-state index in [0.29, 0.717) is 16.9 Å². The van der Waals surface area contributed by atoms with Gasteiger partial charge in [0.15, 0.2) is 0 Å². The molecule has 0 spiro atoms. The number of pyridine rings is 1. The van der Waals surface area contributed by atoms with E-state index in [0.717, 1.165) is 0 Å². The van der Waals surface area contributed by atoms with E-state index in [2.05, 4.69) is 5.32 Å². The number of carbonyl (C=O) groups excluding carboxylic acids is 2. The number of nitrogens with one attached hydrogen (secondary N) is 1. The maximum atomic E-state index is 13.1. The van der Waals surface area contributed by atoms with Crippen molar-refractivity contribution >= 4 is 29.1 Å². The summed E-state index contributed by atoms with van der Waals surface area (Å²) < 4.78 is 14.4. The van der Waals surface area contributed by atoms with Crippen molar-refractivity contribution in [2.45, 2.75) is 6.92 Å². The minimum absolute atomic E-state index is 0.0677. The minimum atomic E-state index is -0.691. The summed E-state index contributed by atoms with van der Waals surface area (Å²) >= 11 is 5.99. The largest absolute Gasteiger partial charge is 0.366 e. The molecule has 0 bridgehead atoms. The van der Waals surface area contributed by atoms with E-state index in [-0.39, 0.29) is 16.1 Å². The van der Waals surface area contributed by atoms with Crippen LogP contribution in [0.2, 0.25) is 5.02 Å². The average Bonchev–Trinajstić information content (AvgIpc) is 2.62. The van der Waals surface area contributed by atoms with Crippen LogP contribution in [0.1, 0.15) is 26.3 Å². The van der Waals surface area contributed by atoms with Crippen molar-refractivity contribution in [3.8, 4) is 5.69 Å². The second-order valence-corrected chi connectivity index (χ2v) is 6.45. The van der Waals surface area contributed by atoms with Crippen LogP contribution < -0.4 is 16.6 Å². The van der Waals surface area contributed by atoms with Crippen molar-refractivity contribution in [3.63, 3.8) is 0 Å². The lowest BCUT2D eigenvalue weighted by Gasteiger charge is -2.12. The summed E-state index contributed by atoms with van der Waals surface area (Å²) in [5.74, 6) is -1.76. The van der Waals surface area contributed by atoms with Gasteiger partial charge in [-0.05, 0) is 61.0 Å². The number of aromatic nitrogens is 1. The first-order chi connectivity index (χ1) is 13.3. The molecule has 3 rings (SSSR count). The third-order valence-electron chi connectivity index (χ3n) is 4.12. The van der Waals surface area contributed by atoms with Gasteiger partial charge in [-0.2, -0.15) is 0 Å². The Morgan fingerprint density at radius 2 is 1.79 bits per heavy atom. The summed E-state index contributed by atoms with van der Waals surface area (Å²) in [7, 11) is 0. The molecule has 6 nitrogen and oxygen atoms in total. The van der Waals surface area contributed by atoms with E-state index in [1.165, 1.54) is 53.2 Å². The van der Waals surface area contributed by atoms with E-state index in [9.17, 15) is 18.8 Å². The maximum Gasteiger partial charge on any atom is 0.268 e. The molecule has 1 heterocycles. The molecule has 0 unspecified atom stereocenters. The lowest BCUT2D eigenvalue weighted by molar-refractivity contribution is 0.0998. The molecule has 2 amide bonds. The normalized spacial score (nSPS) is 10.5. The van der Waals surface area contributed by atoms with Crippen molar-refractivity contribution in [3.05, 3.63) is 92.6 Å². The van der Waals surface area contributed by atoms with Gasteiger partial charge in [0.05, 0.1) is 10.6 Å². The van der Waals surface area contributed by atoms with Crippen LogP contribution in [0, 0.1) is 12.7 Å². The van der Waals surface area contributed by atoms with Gasteiger partial charge in [0.1, 0.15) is 11.4 Å². The summed E-state index contributed by atoms with van der Waals surface area (Å²) in [6.07, 6.45) is 1.51. The lowest BCUT2D eigenvalue weighted by atomic mass is 10.1. The van der Waals surface area contributed by atoms with Crippen molar-refractivity contribution in [1.82, 2.24) is 4.57 Å². The Balaban J connectivity index is 1.97. The van der Waals surface area contributed by atoms with E-state index >= 15 is 0 Å². The van der Waals surface area contributed by atoms with Gasteiger partial charge in [-0.15, -0.1) is 0 Å². The zero-order valence-corrected chi connectivity index (χ0v) is 15.5. The first-order valence-corrected chi connectivity index (χ1v) is 8.54. The van der Waals surface area contributed by atoms with E-state index in [4.69, 9.17) is 17.3 Å². The van der Waals surface area contributed by atoms with Gasteiger partial charge in [-0.25, -0.2) is 4.39 Å². The smallest absolute Gasteiger partial charge is 0.268 e. The fraction of sp³-hybridized carbons (Fsp3) is 0.0500. The summed E-state index contributed by atoms with van der Waals surface area (Å²) in [4.78, 5) is 36.8. The predicted molar refractivity (Wildman–Crippen MR) is 105 cm³/mol. The molecule has 0 fully saturated rings. The molecule has 3 N–H and O–H groups in total. The summed E-state index contributed by atoms with van der Waals surface area (Å²) in [6, 6.07) is 11.2. The Hall–Kier alpha value is -3.45. The first kappa shape index (κ1) is 19.3. The number of benzene rings is 2. The third-order valence-corrected chi connectivity index (χ3v) is 4.44. The molecule has 3 aromatic rings. The summed E-state index contributed by atoms with van der Waals surface area (Å²) in [6.45, 7) is 1.63. The molecule has 0 radical (unpaired) electrons. The number of hydrogen-bond acceptors (Lipinski definition) is 3. The van der Waals surface area contributed by atoms with Crippen LogP contribution in [-0.4, -0.2) is 16.4 Å². The molecule has 8 heteroatoms. The number of carbonyl (C=O) groups is 2. The third kappa shape index (κ3) is 3.79. The number of hydrogen-bond donors (Lipinski definition) is 2. The highest BCUT2D eigenvalue weighted by atomic mass is 35.5. The molecule has 0 saturated carbocycles. The van der Waals surface area contributed by atoms with Crippen LogP contribution in [0.4, 0.5) is 10.1 Å². The van der Waals surface area contributed by atoms with Crippen LogP contribution in [-0.2, 0) is 0 Å². The predicted octanol–water partition coefficient (Wildman–Crippen LogP) is 3.29. The zero-order chi connectivity index (χ0) is 20.4. The Kier molecular flexibility index (Phi) is 5.28. The Bertz CT molecular complexity index is 1140. The van der Waals surface area contributed by atoms with Gasteiger partial charge in [-0.3, -0.25) is 19.0 Å². The van der Waals surface area contributed by atoms with Crippen LogP contribution in [0.3, 0.4) is 0 Å². The number of halogens is 2. The van der Waals surface area contributed by atoms with E-state index in [1.807, 2.05) is 0 Å². The molecule has 1 aromatic heterocycles. The van der Waals surface area contributed by atoms with Gasteiger partial charge in [0.25, 0.3) is 11.5 Å². The molecule has 28 heavy (non-hydrogen) atoms. The molecule has 0 saturated heterocycles. The highest BCUT2D eigenvalue weighted by Crippen LogP contribution is 2.21. The van der Waals surface area contributed by atoms with Crippen LogP contribution in [0.5, 0.6) is 0 Å². The Morgan fingerprint density at radius 1 is 1.11 bits per heavy atom.